The number of hydrogen-bond acceptors (Lipinski definition) is 5. The molecule has 0 aliphatic heterocycles. The highest BCUT2D eigenvalue weighted by Crippen LogP contribution is 2.19. The molecule has 3 N–H and O–H groups in total. The van der Waals surface area contributed by atoms with Crippen molar-refractivity contribution in [3.63, 3.8) is 0 Å². The van der Waals surface area contributed by atoms with Crippen LogP contribution in [0.1, 0.15) is 335 Å². The van der Waals surface area contributed by atoms with Crippen molar-refractivity contribution >= 4 is 11.9 Å². The summed E-state index contributed by atoms with van der Waals surface area (Å²) in [5.74, 6) is -0.454. The molecular weight excluding hydrogens is 815 g/mol. The average Bonchev–Trinajstić information content (AvgIpc) is 3.31. The minimum atomic E-state index is -0.783. The summed E-state index contributed by atoms with van der Waals surface area (Å²) in [6.07, 6.45) is 62.8. The second-order valence-corrected chi connectivity index (χ2v) is 20.8. The number of amides is 1. The van der Waals surface area contributed by atoms with E-state index in [1.165, 1.54) is 244 Å². The average molecular weight is 933 g/mol. The molecule has 392 valence electrons. The second kappa shape index (κ2) is 54.5. The molecule has 0 fully saturated rings. The fraction of sp³-hybridized carbons (Fsp3) is 0.933. The summed E-state index contributed by atoms with van der Waals surface area (Å²) in [5.41, 5.74) is 0. The zero-order valence-electron chi connectivity index (χ0n) is 44.9. The Kier molecular flexibility index (Phi) is 53.4. The van der Waals surface area contributed by atoms with Crippen molar-refractivity contribution in [2.75, 3.05) is 6.61 Å². The van der Waals surface area contributed by atoms with Gasteiger partial charge in [-0.25, -0.2) is 0 Å². The molecule has 3 unspecified atom stereocenters. The lowest BCUT2D eigenvalue weighted by Gasteiger charge is -2.24. The number of aliphatic hydroxyl groups is 2. The number of aliphatic hydroxyl groups excluding tert-OH is 2. The maximum absolute atomic E-state index is 13.3. The number of carbonyl (C=O) groups is 2. The van der Waals surface area contributed by atoms with E-state index >= 15 is 0 Å². The standard InChI is InChI=1S/C60H117NO5/c1-4-7-10-13-16-19-22-25-28-30-32-35-38-41-44-47-50-53-60(65)66-56(51-48-45-42-39-36-33-27-24-21-18-15-12-9-6-3)54-59(64)61-57(55-62)58(63)52-49-46-43-40-37-34-31-29-26-23-20-17-14-11-8-5-2/h25,28,56-58,62-63H,4-24,26-27,29-55H2,1-3H3,(H,61,64)/b28-25+. The van der Waals surface area contributed by atoms with Gasteiger partial charge in [0.1, 0.15) is 6.10 Å². The molecule has 0 heterocycles. The molecule has 0 aliphatic rings. The molecular formula is C60H117NO5. The van der Waals surface area contributed by atoms with Crippen LogP contribution in [0.4, 0.5) is 0 Å². The van der Waals surface area contributed by atoms with E-state index in [1.807, 2.05) is 0 Å². The summed E-state index contributed by atoms with van der Waals surface area (Å²) in [7, 11) is 0. The number of ether oxygens (including phenoxy) is 1. The Morgan fingerprint density at radius 1 is 0.424 bits per heavy atom. The normalized spacial score (nSPS) is 13.1. The van der Waals surface area contributed by atoms with Gasteiger partial charge >= 0.3 is 5.97 Å². The Bertz CT molecular complexity index is 1000. The van der Waals surface area contributed by atoms with Gasteiger partial charge < -0.3 is 20.3 Å². The van der Waals surface area contributed by atoms with Gasteiger partial charge in [-0.3, -0.25) is 9.59 Å². The van der Waals surface area contributed by atoms with E-state index < -0.39 is 18.2 Å². The van der Waals surface area contributed by atoms with Gasteiger partial charge in [0.25, 0.3) is 0 Å². The van der Waals surface area contributed by atoms with Crippen LogP contribution in [-0.4, -0.2) is 46.9 Å². The zero-order valence-corrected chi connectivity index (χ0v) is 44.9. The number of nitrogens with one attached hydrogen (secondary N) is 1. The molecule has 6 nitrogen and oxygen atoms in total. The van der Waals surface area contributed by atoms with Crippen LogP contribution >= 0.6 is 0 Å². The first-order valence-electron chi connectivity index (χ1n) is 29.9. The molecule has 0 rings (SSSR count). The van der Waals surface area contributed by atoms with E-state index in [9.17, 15) is 19.8 Å². The molecule has 0 aromatic rings. The molecule has 0 saturated heterocycles. The highest BCUT2D eigenvalue weighted by molar-refractivity contribution is 5.77. The van der Waals surface area contributed by atoms with Crippen molar-refractivity contribution < 1.29 is 24.5 Å². The quantitative estimate of drug-likeness (QED) is 0.0321. The lowest BCUT2D eigenvalue weighted by atomic mass is 10.0. The van der Waals surface area contributed by atoms with Crippen molar-refractivity contribution in [2.24, 2.45) is 0 Å². The summed E-state index contributed by atoms with van der Waals surface area (Å²) in [6.45, 7) is 6.53. The van der Waals surface area contributed by atoms with Gasteiger partial charge in [0, 0.05) is 6.42 Å². The predicted molar refractivity (Wildman–Crippen MR) is 287 cm³/mol. The van der Waals surface area contributed by atoms with Gasteiger partial charge in [-0.15, -0.1) is 0 Å². The predicted octanol–water partition coefficient (Wildman–Crippen LogP) is 18.5. The monoisotopic (exact) mass is 932 g/mol. The number of carbonyl (C=O) groups excluding carboxylic acids is 2. The van der Waals surface area contributed by atoms with Crippen LogP contribution in [0.25, 0.3) is 0 Å². The van der Waals surface area contributed by atoms with Crippen LogP contribution in [0.3, 0.4) is 0 Å². The molecule has 0 radical (unpaired) electrons. The topological polar surface area (TPSA) is 95.9 Å². The van der Waals surface area contributed by atoms with Crippen molar-refractivity contribution in [1.82, 2.24) is 5.32 Å². The van der Waals surface area contributed by atoms with Crippen LogP contribution in [0.2, 0.25) is 0 Å². The third-order valence-corrected chi connectivity index (χ3v) is 14.1. The molecule has 1 amide bonds. The molecule has 0 aliphatic carbocycles. The van der Waals surface area contributed by atoms with Crippen LogP contribution in [0, 0.1) is 0 Å². The molecule has 3 atom stereocenters. The van der Waals surface area contributed by atoms with Crippen LogP contribution < -0.4 is 5.32 Å². The van der Waals surface area contributed by atoms with Gasteiger partial charge in [-0.2, -0.15) is 0 Å². The highest BCUT2D eigenvalue weighted by Gasteiger charge is 2.24. The lowest BCUT2D eigenvalue weighted by molar-refractivity contribution is -0.151. The SMILES string of the molecule is CCCCCCCC/C=C/CCCCCCCCCC(=O)OC(CCCCCCCCCCCCCCCC)CC(=O)NC(CO)C(O)CCCCCCCCCCCCCCCCCC. The van der Waals surface area contributed by atoms with Crippen LogP contribution in [0.15, 0.2) is 12.2 Å². The largest absolute Gasteiger partial charge is 0.462 e. The third-order valence-electron chi connectivity index (χ3n) is 14.1. The Balaban J connectivity index is 4.48. The van der Waals surface area contributed by atoms with Crippen molar-refractivity contribution in [1.29, 1.82) is 0 Å². The summed E-state index contributed by atoms with van der Waals surface area (Å²) < 4.78 is 5.97. The number of hydrogen-bond donors (Lipinski definition) is 3. The Hall–Kier alpha value is -1.40. The maximum atomic E-state index is 13.3. The summed E-state index contributed by atoms with van der Waals surface area (Å²) in [6, 6.07) is -0.697. The zero-order chi connectivity index (χ0) is 48.1. The van der Waals surface area contributed by atoms with E-state index in [0.29, 0.717) is 19.3 Å². The highest BCUT2D eigenvalue weighted by atomic mass is 16.5. The smallest absolute Gasteiger partial charge is 0.306 e. The van der Waals surface area contributed by atoms with E-state index in [0.717, 1.165) is 44.9 Å². The first-order chi connectivity index (χ1) is 32.5. The molecule has 0 aromatic carbocycles. The van der Waals surface area contributed by atoms with Crippen LogP contribution in [-0.2, 0) is 14.3 Å². The van der Waals surface area contributed by atoms with E-state index in [1.54, 1.807) is 0 Å². The van der Waals surface area contributed by atoms with E-state index in [-0.39, 0.29) is 24.9 Å². The number of unbranched alkanes of at least 4 members (excludes halogenated alkanes) is 41. The molecule has 0 bridgehead atoms. The third kappa shape index (κ3) is 49.0. The van der Waals surface area contributed by atoms with Crippen molar-refractivity contribution in [3.05, 3.63) is 12.2 Å². The molecule has 66 heavy (non-hydrogen) atoms. The molecule has 6 heteroatoms. The van der Waals surface area contributed by atoms with Gasteiger partial charge in [-0.05, 0) is 51.4 Å². The molecule has 0 saturated carbocycles. The Morgan fingerprint density at radius 3 is 1.08 bits per heavy atom. The summed E-state index contributed by atoms with van der Waals surface area (Å²) >= 11 is 0. The van der Waals surface area contributed by atoms with Crippen molar-refractivity contribution in [3.8, 4) is 0 Å². The molecule has 0 spiro atoms. The fourth-order valence-electron chi connectivity index (χ4n) is 9.55. The van der Waals surface area contributed by atoms with Gasteiger partial charge in [0.2, 0.25) is 5.91 Å². The van der Waals surface area contributed by atoms with Gasteiger partial charge in [-0.1, -0.05) is 283 Å². The first kappa shape index (κ1) is 64.6. The van der Waals surface area contributed by atoms with E-state index in [4.69, 9.17) is 4.74 Å². The van der Waals surface area contributed by atoms with E-state index in [2.05, 4.69) is 38.2 Å². The van der Waals surface area contributed by atoms with Gasteiger partial charge in [0.05, 0.1) is 25.2 Å². The number of rotatable bonds is 55. The minimum Gasteiger partial charge on any atom is -0.462 e. The number of allylic oxidation sites excluding steroid dienone is 2. The van der Waals surface area contributed by atoms with Gasteiger partial charge in [0.15, 0.2) is 0 Å². The second-order valence-electron chi connectivity index (χ2n) is 20.8. The number of esters is 1. The first-order valence-corrected chi connectivity index (χ1v) is 29.9. The summed E-state index contributed by atoms with van der Waals surface area (Å²) in [4.78, 5) is 26.3. The fourth-order valence-corrected chi connectivity index (χ4v) is 9.55. The van der Waals surface area contributed by atoms with Crippen LogP contribution in [0.5, 0.6) is 0 Å². The Morgan fingerprint density at radius 2 is 0.727 bits per heavy atom. The summed E-state index contributed by atoms with van der Waals surface area (Å²) in [5, 5.41) is 23.9. The maximum Gasteiger partial charge on any atom is 0.306 e. The minimum absolute atomic E-state index is 0.0840. The molecule has 0 aromatic heterocycles. The van der Waals surface area contributed by atoms with Crippen molar-refractivity contribution in [2.45, 2.75) is 354 Å². The Labute approximate surface area is 412 Å². The lowest BCUT2D eigenvalue weighted by Crippen LogP contribution is -2.46.